The van der Waals surface area contributed by atoms with Gasteiger partial charge in [0.1, 0.15) is 16.8 Å². The Bertz CT molecular complexity index is 2910. The Hall–Kier alpha value is -5.23. The lowest BCUT2D eigenvalue weighted by molar-refractivity contribution is 0.667. The van der Waals surface area contributed by atoms with Crippen molar-refractivity contribution in [1.29, 1.82) is 0 Å². The van der Waals surface area contributed by atoms with E-state index in [9.17, 15) is 0 Å². The SMILES string of the molecule is Cc1cc(-n2c3ccccc3c3c4ccccc4c4sc5ccccc5c4c32)c(C)cc1-c1nc(Cl)nc2c1oc1ccccc12. The van der Waals surface area contributed by atoms with E-state index in [1.807, 2.05) is 35.6 Å². The van der Waals surface area contributed by atoms with Gasteiger partial charge in [0.05, 0.1) is 11.0 Å². The highest BCUT2D eigenvalue weighted by molar-refractivity contribution is 7.27. The standard InChI is InChI=1S/C40H24ClN3OS/c1-21-20-30(22(2)19-28(21)36-38-35(42-40(41)43-36)26-14-6-9-17-31(26)45-38)44-29-16-8-5-13-25(29)33-23-11-3-4-12-24(23)39-34(37(33)44)27-15-7-10-18-32(27)46-39/h3-20H,1-2H3. The molecule has 6 aromatic carbocycles. The van der Waals surface area contributed by atoms with Crippen molar-refractivity contribution in [3.63, 3.8) is 0 Å². The quantitative estimate of drug-likeness (QED) is 0.179. The number of aryl methyl sites for hydroxylation is 2. The van der Waals surface area contributed by atoms with E-state index in [1.165, 1.54) is 52.8 Å². The maximum Gasteiger partial charge on any atom is 0.223 e. The lowest BCUT2D eigenvalue weighted by Gasteiger charge is -2.16. The molecular weight excluding hydrogens is 606 g/mol. The molecule has 0 N–H and O–H groups in total. The van der Waals surface area contributed by atoms with Crippen LogP contribution in [0.3, 0.4) is 0 Å². The molecule has 0 aliphatic heterocycles. The smallest absolute Gasteiger partial charge is 0.223 e. The molecule has 4 nitrogen and oxygen atoms in total. The second kappa shape index (κ2) is 9.39. The van der Waals surface area contributed by atoms with E-state index in [2.05, 4.69) is 108 Å². The molecule has 0 radical (unpaired) electrons. The Labute approximate surface area is 272 Å². The van der Waals surface area contributed by atoms with E-state index >= 15 is 0 Å². The summed E-state index contributed by atoms with van der Waals surface area (Å²) < 4.78 is 11.4. The molecule has 218 valence electrons. The van der Waals surface area contributed by atoms with Gasteiger partial charge in [0, 0.05) is 53.0 Å². The summed E-state index contributed by atoms with van der Waals surface area (Å²) in [5.74, 6) is 0. The first-order valence-corrected chi connectivity index (χ1v) is 16.5. The molecule has 4 heterocycles. The Balaban J connectivity index is 1.34. The van der Waals surface area contributed by atoms with E-state index in [0.717, 1.165) is 38.9 Å². The molecule has 0 unspecified atom stereocenters. The summed E-state index contributed by atoms with van der Waals surface area (Å²) in [4.78, 5) is 9.28. The van der Waals surface area contributed by atoms with Gasteiger partial charge in [-0.1, -0.05) is 72.8 Å². The van der Waals surface area contributed by atoms with Crippen molar-refractivity contribution in [2.24, 2.45) is 0 Å². The van der Waals surface area contributed by atoms with Gasteiger partial charge in [-0.05, 0) is 78.4 Å². The zero-order valence-corrected chi connectivity index (χ0v) is 26.5. The Morgan fingerprint density at radius 3 is 2.22 bits per heavy atom. The number of para-hydroxylation sites is 2. The summed E-state index contributed by atoms with van der Waals surface area (Å²) in [7, 11) is 0. The van der Waals surface area contributed by atoms with Crippen LogP contribution in [-0.4, -0.2) is 14.5 Å². The third kappa shape index (κ3) is 3.44. The first kappa shape index (κ1) is 26.0. The molecule has 0 aliphatic carbocycles. The summed E-state index contributed by atoms with van der Waals surface area (Å²) in [6.07, 6.45) is 0. The zero-order chi connectivity index (χ0) is 30.7. The van der Waals surface area contributed by atoms with Crippen LogP contribution >= 0.6 is 22.9 Å². The summed E-state index contributed by atoms with van der Waals surface area (Å²) in [6.45, 7) is 4.32. The number of benzene rings is 6. The van der Waals surface area contributed by atoms with Crippen molar-refractivity contribution in [1.82, 2.24) is 14.5 Å². The summed E-state index contributed by atoms with van der Waals surface area (Å²) in [5.41, 5.74) is 9.61. The molecular formula is C40H24ClN3OS. The number of hydrogen-bond acceptors (Lipinski definition) is 4. The third-order valence-corrected chi connectivity index (χ3v) is 10.8. The van der Waals surface area contributed by atoms with Gasteiger partial charge in [-0.15, -0.1) is 11.3 Å². The number of nitrogens with zero attached hydrogens (tertiary/aromatic N) is 3. The molecule has 0 amide bonds. The van der Waals surface area contributed by atoms with Crippen LogP contribution in [0.2, 0.25) is 5.28 Å². The van der Waals surface area contributed by atoms with Crippen molar-refractivity contribution in [3.05, 3.63) is 126 Å². The number of fused-ring (bicyclic) bond motifs is 13. The average molecular weight is 630 g/mol. The molecule has 4 aromatic heterocycles. The summed E-state index contributed by atoms with van der Waals surface area (Å²) >= 11 is 8.42. The monoisotopic (exact) mass is 629 g/mol. The topological polar surface area (TPSA) is 43.9 Å². The minimum Gasteiger partial charge on any atom is -0.452 e. The van der Waals surface area contributed by atoms with Gasteiger partial charge in [-0.3, -0.25) is 0 Å². The minimum absolute atomic E-state index is 0.205. The predicted octanol–water partition coefficient (Wildman–Crippen LogP) is 11.9. The number of hydrogen-bond donors (Lipinski definition) is 0. The maximum absolute atomic E-state index is 6.54. The Morgan fingerprint density at radius 1 is 0.674 bits per heavy atom. The van der Waals surface area contributed by atoms with E-state index in [1.54, 1.807) is 0 Å². The van der Waals surface area contributed by atoms with Gasteiger partial charge in [-0.2, -0.15) is 0 Å². The fourth-order valence-electron chi connectivity index (χ4n) is 7.41. The van der Waals surface area contributed by atoms with Crippen LogP contribution in [0.4, 0.5) is 0 Å². The fraction of sp³-hybridized carbons (Fsp3) is 0.0500. The molecule has 10 aromatic rings. The first-order chi connectivity index (χ1) is 22.6. The van der Waals surface area contributed by atoms with Crippen LogP contribution in [0.15, 0.2) is 114 Å². The van der Waals surface area contributed by atoms with Crippen molar-refractivity contribution >= 4 is 97.8 Å². The lowest BCUT2D eigenvalue weighted by atomic mass is 9.99. The Kier molecular flexibility index (Phi) is 5.32. The van der Waals surface area contributed by atoms with Crippen LogP contribution < -0.4 is 0 Å². The predicted molar refractivity (Wildman–Crippen MR) is 194 cm³/mol. The van der Waals surface area contributed by atoms with Crippen LogP contribution in [0.25, 0.3) is 91.8 Å². The maximum atomic E-state index is 6.54. The number of thiophene rings is 1. The van der Waals surface area contributed by atoms with Gasteiger partial charge in [0.2, 0.25) is 5.28 Å². The molecule has 0 saturated heterocycles. The van der Waals surface area contributed by atoms with Crippen LogP contribution in [0.5, 0.6) is 0 Å². The lowest BCUT2D eigenvalue weighted by Crippen LogP contribution is -2.00. The fourth-order valence-corrected chi connectivity index (χ4v) is 8.82. The van der Waals surface area contributed by atoms with Crippen LogP contribution in [-0.2, 0) is 0 Å². The zero-order valence-electron chi connectivity index (χ0n) is 24.9. The summed E-state index contributed by atoms with van der Waals surface area (Å²) in [5, 5.41) is 8.84. The van der Waals surface area contributed by atoms with Gasteiger partial charge >= 0.3 is 0 Å². The third-order valence-electron chi connectivity index (χ3n) is 9.38. The first-order valence-electron chi connectivity index (χ1n) is 15.3. The summed E-state index contributed by atoms with van der Waals surface area (Å²) in [6, 6.07) is 38.9. The van der Waals surface area contributed by atoms with E-state index in [-0.39, 0.29) is 5.28 Å². The molecule has 0 spiro atoms. The highest BCUT2D eigenvalue weighted by Gasteiger charge is 2.24. The highest BCUT2D eigenvalue weighted by Crippen LogP contribution is 2.48. The van der Waals surface area contributed by atoms with Crippen LogP contribution in [0, 0.1) is 13.8 Å². The number of aromatic nitrogens is 3. The average Bonchev–Trinajstić information content (AvgIpc) is 3.75. The molecule has 6 heteroatoms. The van der Waals surface area contributed by atoms with Crippen molar-refractivity contribution in [3.8, 4) is 16.9 Å². The van der Waals surface area contributed by atoms with Crippen LogP contribution in [0.1, 0.15) is 11.1 Å². The molecule has 0 saturated carbocycles. The molecule has 0 atom stereocenters. The molecule has 0 aliphatic rings. The second-order valence-electron chi connectivity index (χ2n) is 12.0. The number of furan rings is 1. The normalized spacial score (nSPS) is 12.2. The van der Waals surface area contributed by atoms with Crippen molar-refractivity contribution < 1.29 is 4.42 Å². The highest BCUT2D eigenvalue weighted by atomic mass is 35.5. The second-order valence-corrected chi connectivity index (χ2v) is 13.4. The van der Waals surface area contributed by atoms with Gasteiger partial charge < -0.3 is 8.98 Å². The van der Waals surface area contributed by atoms with Crippen molar-refractivity contribution in [2.75, 3.05) is 0 Å². The molecule has 46 heavy (non-hydrogen) atoms. The minimum atomic E-state index is 0.205. The van der Waals surface area contributed by atoms with E-state index < -0.39 is 0 Å². The van der Waals surface area contributed by atoms with Gasteiger partial charge in [0.15, 0.2) is 5.58 Å². The van der Waals surface area contributed by atoms with Gasteiger partial charge in [-0.25, -0.2) is 9.97 Å². The number of halogens is 1. The Morgan fingerprint density at radius 2 is 1.37 bits per heavy atom. The largest absolute Gasteiger partial charge is 0.452 e. The van der Waals surface area contributed by atoms with Crippen molar-refractivity contribution in [2.45, 2.75) is 13.8 Å². The number of rotatable bonds is 2. The van der Waals surface area contributed by atoms with E-state index in [0.29, 0.717) is 11.3 Å². The molecule has 0 bridgehead atoms. The van der Waals surface area contributed by atoms with E-state index in [4.69, 9.17) is 21.0 Å². The van der Waals surface area contributed by atoms with Gasteiger partial charge in [0.25, 0.3) is 0 Å². The molecule has 0 fully saturated rings. The molecule has 10 rings (SSSR count).